The first kappa shape index (κ1) is 22.7. The number of anilines is 2. The van der Waals surface area contributed by atoms with E-state index in [2.05, 4.69) is 26.6 Å². The van der Waals surface area contributed by atoms with Gasteiger partial charge in [0.05, 0.1) is 20.0 Å². The molecule has 0 aliphatic rings. The molecule has 2 N–H and O–H groups in total. The lowest BCUT2D eigenvalue weighted by atomic mass is 10.2. The van der Waals surface area contributed by atoms with Crippen LogP contribution in [0, 0.1) is 0 Å². The van der Waals surface area contributed by atoms with Crippen molar-refractivity contribution in [3.63, 3.8) is 0 Å². The van der Waals surface area contributed by atoms with E-state index < -0.39 is 0 Å². The Morgan fingerprint density at radius 3 is 2.32 bits per heavy atom. The number of hydrogen-bond acceptors (Lipinski definition) is 5. The third kappa shape index (κ3) is 6.50. The van der Waals surface area contributed by atoms with Crippen LogP contribution >= 0.6 is 27.7 Å². The average molecular weight is 501 g/mol. The molecule has 160 valence electrons. The van der Waals surface area contributed by atoms with Gasteiger partial charge in [-0.2, -0.15) is 0 Å². The third-order valence-corrected chi connectivity index (χ3v) is 5.76. The number of amides is 2. The number of benzene rings is 3. The largest absolute Gasteiger partial charge is 0.493 e. The maximum atomic E-state index is 12.6. The van der Waals surface area contributed by atoms with E-state index in [-0.39, 0.29) is 17.6 Å². The van der Waals surface area contributed by atoms with E-state index in [1.165, 1.54) is 18.9 Å². The van der Waals surface area contributed by atoms with E-state index in [0.29, 0.717) is 22.7 Å². The molecule has 0 saturated carbocycles. The van der Waals surface area contributed by atoms with Crippen LogP contribution in [0.4, 0.5) is 11.4 Å². The van der Waals surface area contributed by atoms with Crippen LogP contribution in [0.2, 0.25) is 0 Å². The fraction of sp³-hybridized carbons (Fsp3) is 0.130. The molecule has 3 aromatic rings. The molecule has 0 saturated heterocycles. The van der Waals surface area contributed by atoms with E-state index >= 15 is 0 Å². The van der Waals surface area contributed by atoms with Crippen molar-refractivity contribution < 1.29 is 19.1 Å². The van der Waals surface area contributed by atoms with Gasteiger partial charge in [-0.3, -0.25) is 9.59 Å². The summed E-state index contributed by atoms with van der Waals surface area (Å²) >= 11 is 4.76. The fourth-order valence-corrected chi connectivity index (χ4v) is 3.74. The summed E-state index contributed by atoms with van der Waals surface area (Å²) in [6.45, 7) is 0. The summed E-state index contributed by atoms with van der Waals surface area (Å²) in [4.78, 5) is 25.7. The minimum absolute atomic E-state index is 0.105. The minimum Gasteiger partial charge on any atom is -0.493 e. The van der Waals surface area contributed by atoms with Gasteiger partial charge < -0.3 is 20.1 Å². The lowest BCUT2D eigenvalue weighted by molar-refractivity contribution is -0.113. The summed E-state index contributed by atoms with van der Waals surface area (Å²) in [6.07, 6.45) is 0. The van der Waals surface area contributed by atoms with E-state index in [1.807, 2.05) is 42.5 Å². The first-order valence-electron chi connectivity index (χ1n) is 9.30. The molecule has 31 heavy (non-hydrogen) atoms. The van der Waals surface area contributed by atoms with Crippen LogP contribution < -0.4 is 20.1 Å². The Kier molecular flexibility index (Phi) is 7.97. The van der Waals surface area contributed by atoms with Crippen molar-refractivity contribution in [3.05, 3.63) is 76.8 Å². The van der Waals surface area contributed by atoms with Gasteiger partial charge in [0.15, 0.2) is 11.5 Å². The Labute approximate surface area is 193 Å². The Hall–Kier alpha value is -2.97. The number of methoxy groups -OCH3 is 2. The van der Waals surface area contributed by atoms with Crippen LogP contribution in [0.25, 0.3) is 0 Å². The molecule has 0 heterocycles. The predicted molar refractivity (Wildman–Crippen MR) is 127 cm³/mol. The first-order chi connectivity index (χ1) is 15.0. The number of halogens is 1. The number of rotatable bonds is 8. The molecular formula is C23H21BrN2O4S. The van der Waals surface area contributed by atoms with Crippen molar-refractivity contribution in [2.45, 2.75) is 4.90 Å². The van der Waals surface area contributed by atoms with E-state index in [1.54, 1.807) is 31.4 Å². The number of hydrogen-bond donors (Lipinski definition) is 2. The molecule has 0 bridgehead atoms. The second-order valence-corrected chi connectivity index (χ2v) is 8.36. The van der Waals surface area contributed by atoms with Crippen LogP contribution in [0.3, 0.4) is 0 Å². The molecule has 8 heteroatoms. The van der Waals surface area contributed by atoms with Crippen molar-refractivity contribution in [2.75, 3.05) is 30.6 Å². The lowest BCUT2D eigenvalue weighted by Gasteiger charge is -2.11. The normalized spacial score (nSPS) is 10.3. The van der Waals surface area contributed by atoms with Gasteiger partial charge in [-0.25, -0.2) is 0 Å². The zero-order valence-electron chi connectivity index (χ0n) is 17.0. The fourth-order valence-electron chi connectivity index (χ4n) is 2.72. The molecule has 0 aliphatic heterocycles. The van der Waals surface area contributed by atoms with E-state index in [4.69, 9.17) is 9.47 Å². The van der Waals surface area contributed by atoms with E-state index in [0.717, 1.165) is 15.1 Å². The molecule has 0 aliphatic carbocycles. The van der Waals surface area contributed by atoms with Gasteiger partial charge >= 0.3 is 0 Å². The summed E-state index contributed by atoms with van der Waals surface area (Å²) in [6, 6.07) is 19.7. The summed E-state index contributed by atoms with van der Waals surface area (Å²) in [5.41, 5.74) is 1.83. The van der Waals surface area contributed by atoms with E-state index in [9.17, 15) is 9.59 Å². The Bertz CT molecular complexity index is 1070. The number of carbonyl (C=O) groups excluding carboxylic acids is 2. The van der Waals surface area contributed by atoms with Crippen LogP contribution in [-0.4, -0.2) is 31.8 Å². The summed E-state index contributed by atoms with van der Waals surface area (Å²) in [5.74, 6) is 0.918. The van der Waals surface area contributed by atoms with Gasteiger partial charge in [-0.15, -0.1) is 11.8 Å². The summed E-state index contributed by atoms with van der Waals surface area (Å²) in [5, 5.41) is 5.72. The van der Waals surface area contributed by atoms with Crippen LogP contribution in [0.5, 0.6) is 11.5 Å². The molecule has 0 atom stereocenters. The first-order valence-corrected chi connectivity index (χ1v) is 11.1. The van der Waals surface area contributed by atoms with Gasteiger partial charge in [0.25, 0.3) is 5.91 Å². The molecule has 3 rings (SSSR count). The topological polar surface area (TPSA) is 76.7 Å². The van der Waals surface area contributed by atoms with Crippen molar-refractivity contribution in [3.8, 4) is 11.5 Å². The second kappa shape index (κ2) is 10.9. The van der Waals surface area contributed by atoms with Gasteiger partial charge in [-0.05, 0) is 60.7 Å². The molecule has 3 aromatic carbocycles. The van der Waals surface area contributed by atoms with Gasteiger partial charge in [0.2, 0.25) is 5.91 Å². The molecule has 2 amide bonds. The molecule has 0 unspecified atom stereocenters. The quantitative estimate of drug-likeness (QED) is 0.402. The highest BCUT2D eigenvalue weighted by Gasteiger charge is 2.12. The van der Waals surface area contributed by atoms with Crippen molar-refractivity contribution in [1.29, 1.82) is 0 Å². The Morgan fingerprint density at radius 2 is 1.61 bits per heavy atom. The molecule has 6 nitrogen and oxygen atoms in total. The molecule has 0 fully saturated rings. The highest BCUT2D eigenvalue weighted by atomic mass is 79.9. The second-order valence-electron chi connectivity index (χ2n) is 6.40. The third-order valence-electron chi connectivity index (χ3n) is 4.24. The van der Waals surface area contributed by atoms with Crippen LogP contribution in [0.1, 0.15) is 10.4 Å². The van der Waals surface area contributed by atoms with Crippen molar-refractivity contribution in [1.82, 2.24) is 0 Å². The zero-order chi connectivity index (χ0) is 22.2. The lowest BCUT2D eigenvalue weighted by Crippen LogP contribution is -2.14. The highest BCUT2D eigenvalue weighted by molar-refractivity contribution is 9.10. The van der Waals surface area contributed by atoms with Gasteiger partial charge in [0.1, 0.15) is 0 Å². The summed E-state index contributed by atoms with van der Waals surface area (Å²) in [7, 11) is 3.06. The number of ether oxygens (including phenoxy) is 2. The maximum Gasteiger partial charge on any atom is 0.255 e. The molecular weight excluding hydrogens is 480 g/mol. The minimum atomic E-state index is -0.268. The molecule has 0 aromatic heterocycles. The Morgan fingerprint density at radius 1 is 0.871 bits per heavy atom. The standard InChI is InChI=1S/C23H21BrN2O4S/c1-29-20-11-6-15(12-21(20)30-2)23(28)26-18-4-3-5-19(13-18)31-14-22(27)25-17-9-7-16(24)8-10-17/h3-13H,14H2,1-2H3,(H,25,27)(H,26,28). The zero-order valence-corrected chi connectivity index (χ0v) is 19.4. The average Bonchev–Trinajstić information content (AvgIpc) is 2.79. The van der Waals surface area contributed by atoms with Crippen LogP contribution in [0.15, 0.2) is 76.1 Å². The molecule has 0 radical (unpaired) electrons. The van der Waals surface area contributed by atoms with Gasteiger partial charge in [0, 0.05) is 26.3 Å². The number of thioether (sulfide) groups is 1. The smallest absolute Gasteiger partial charge is 0.255 e. The highest BCUT2D eigenvalue weighted by Crippen LogP contribution is 2.28. The Balaban J connectivity index is 1.59. The SMILES string of the molecule is COc1ccc(C(=O)Nc2cccc(SCC(=O)Nc3ccc(Br)cc3)c2)cc1OC. The maximum absolute atomic E-state index is 12.6. The van der Waals surface area contributed by atoms with Crippen molar-refractivity contribution in [2.24, 2.45) is 0 Å². The number of nitrogens with one attached hydrogen (secondary N) is 2. The predicted octanol–water partition coefficient (Wildman–Crippen LogP) is 5.45. The number of carbonyl (C=O) groups is 2. The summed E-state index contributed by atoms with van der Waals surface area (Å²) < 4.78 is 11.4. The van der Waals surface area contributed by atoms with Crippen molar-refractivity contribution >= 4 is 50.9 Å². The molecule has 0 spiro atoms. The monoisotopic (exact) mass is 500 g/mol. The van der Waals surface area contributed by atoms with Gasteiger partial charge in [-0.1, -0.05) is 22.0 Å². The van der Waals surface area contributed by atoms with Crippen LogP contribution in [-0.2, 0) is 4.79 Å².